The Morgan fingerprint density at radius 3 is 2.82 bits per heavy atom. The van der Waals surface area contributed by atoms with Crippen LogP contribution in [-0.2, 0) is 6.67 Å². The van der Waals surface area contributed by atoms with E-state index in [1.165, 1.54) is 24.4 Å². The molecule has 0 saturated carbocycles. The molecule has 174 valence electrons. The maximum atomic E-state index is 14.5. The highest BCUT2D eigenvalue weighted by Gasteiger charge is 2.29. The van der Waals surface area contributed by atoms with Crippen molar-refractivity contribution in [2.75, 3.05) is 16.8 Å². The number of alkyl halides is 1. The molecule has 1 atom stereocenters. The monoisotopic (exact) mass is 485 g/mol. The molecule has 0 aliphatic carbocycles. The summed E-state index contributed by atoms with van der Waals surface area (Å²) in [5.41, 5.74) is 2.31. The van der Waals surface area contributed by atoms with E-state index in [0.29, 0.717) is 29.6 Å². The van der Waals surface area contributed by atoms with E-state index in [1.807, 2.05) is 11.0 Å². The van der Waals surface area contributed by atoms with E-state index in [0.717, 1.165) is 24.2 Å². The van der Waals surface area contributed by atoms with Gasteiger partial charge in [0.2, 0.25) is 0 Å². The Balaban J connectivity index is 1.46. The van der Waals surface area contributed by atoms with Crippen LogP contribution in [0.3, 0.4) is 0 Å². The van der Waals surface area contributed by atoms with Crippen molar-refractivity contribution in [2.24, 2.45) is 0 Å². The number of amides is 1. The standard InChI is InChI=1S/C24H19ClF3N5O/c25-23-20(6-4-15(12-26)30-23)31-24(34)18-13-29-33-9-7-16(11-22(18)33)32-8-1-2-21(32)17-10-14(27)3-5-19(17)28/h3-7,9-11,13,21H,1-2,8,12H2,(H,31,34)/t21-/m1/s1. The van der Waals surface area contributed by atoms with Crippen molar-refractivity contribution in [1.82, 2.24) is 14.6 Å². The second kappa shape index (κ2) is 8.98. The number of hydrogen-bond donors (Lipinski definition) is 1. The molecule has 1 aromatic carbocycles. The summed E-state index contributed by atoms with van der Waals surface area (Å²) in [6.45, 7) is -0.101. The Hall–Kier alpha value is -3.59. The third kappa shape index (κ3) is 4.07. The minimum absolute atomic E-state index is 0.0160. The van der Waals surface area contributed by atoms with Crippen LogP contribution in [-0.4, -0.2) is 27.0 Å². The van der Waals surface area contributed by atoms with Gasteiger partial charge in [0.1, 0.15) is 18.3 Å². The lowest BCUT2D eigenvalue weighted by molar-refractivity contribution is 0.102. The van der Waals surface area contributed by atoms with Gasteiger partial charge in [-0.1, -0.05) is 11.6 Å². The average molecular weight is 486 g/mol. The number of carbonyl (C=O) groups is 1. The summed E-state index contributed by atoms with van der Waals surface area (Å²) in [6, 6.07) is 9.71. The van der Waals surface area contributed by atoms with E-state index in [-0.39, 0.29) is 22.6 Å². The summed E-state index contributed by atoms with van der Waals surface area (Å²) >= 11 is 6.06. The SMILES string of the molecule is O=C(Nc1ccc(CF)nc1Cl)c1cnn2ccc(N3CCC[C@@H]3c3cc(F)ccc3F)cc12. The van der Waals surface area contributed by atoms with Gasteiger partial charge in [0.25, 0.3) is 5.91 Å². The van der Waals surface area contributed by atoms with Crippen molar-refractivity contribution in [3.8, 4) is 0 Å². The number of fused-ring (bicyclic) bond motifs is 1. The molecule has 6 nitrogen and oxygen atoms in total. The van der Waals surface area contributed by atoms with Crippen LogP contribution in [0.25, 0.3) is 5.52 Å². The lowest BCUT2D eigenvalue weighted by Crippen LogP contribution is -2.23. The molecule has 1 saturated heterocycles. The smallest absolute Gasteiger partial charge is 0.259 e. The molecular formula is C24H19ClF3N5O. The van der Waals surface area contributed by atoms with Gasteiger partial charge in [-0.2, -0.15) is 5.10 Å². The number of hydrogen-bond acceptors (Lipinski definition) is 4. The van der Waals surface area contributed by atoms with Crippen LogP contribution < -0.4 is 10.2 Å². The fourth-order valence-electron chi connectivity index (χ4n) is 4.32. The van der Waals surface area contributed by atoms with Crippen LogP contribution in [0.15, 0.2) is 54.9 Å². The van der Waals surface area contributed by atoms with Gasteiger partial charge in [-0.25, -0.2) is 22.7 Å². The molecule has 4 aromatic rings. The number of benzene rings is 1. The third-order valence-electron chi connectivity index (χ3n) is 5.94. The topological polar surface area (TPSA) is 62.5 Å². The largest absolute Gasteiger partial charge is 0.364 e. The van der Waals surface area contributed by atoms with Crippen molar-refractivity contribution in [3.05, 3.63) is 88.5 Å². The lowest BCUT2D eigenvalue weighted by Gasteiger charge is -2.27. The van der Waals surface area contributed by atoms with Gasteiger partial charge in [0.05, 0.1) is 34.7 Å². The normalized spacial score (nSPS) is 15.8. The molecule has 3 aromatic heterocycles. The number of carbonyl (C=O) groups excluding carboxylic acids is 1. The molecule has 5 rings (SSSR count). The van der Waals surface area contributed by atoms with Gasteiger partial charge < -0.3 is 10.2 Å². The molecule has 1 fully saturated rings. The van der Waals surface area contributed by atoms with E-state index in [9.17, 15) is 18.0 Å². The Bertz CT molecular complexity index is 1390. The molecule has 0 unspecified atom stereocenters. The summed E-state index contributed by atoms with van der Waals surface area (Å²) in [7, 11) is 0. The predicted molar refractivity (Wildman–Crippen MR) is 123 cm³/mol. The highest BCUT2D eigenvalue weighted by Crippen LogP contribution is 2.38. The van der Waals surface area contributed by atoms with E-state index >= 15 is 0 Å². The first-order chi connectivity index (χ1) is 16.4. The highest BCUT2D eigenvalue weighted by molar-refractivity contribution is 6.32. The van der Waals surface area contributed by atoms with Crippen molar-refractivity contribution in [3.63, 3.8) is 0 Å². The Morgan fingerprint density at radius 2 is 2.03 bits per heavy atom. The first kappa shape index (κ1) is 22.2. The second-order valence-corrected chi connectivity index (χ2v) is 8.38. The van der Waals surface area contributed by atoms with Gasteiger partial charge in [-0.3, -0.25) is 4.79 Å². The van der Waals surface area contributed by atoms with E-state index in [2.05, 4.69) is 15.4 Å². The number of nitrogens with one attached hydrogen (secondary N) is 1. The van der Waals surface area contributed by atoms with Gasteiger partial charge in [0, 0.05) is 24.0 Å². The predicted octanol–water partition coefficient (Wildman–Crippen LogP) is 5.72. The number of pyridine rings is 2. The maximum Gasteiger partial charge on any atom is 0.259 e. The van der Waals surface area contributed by atoms with Crippen LogP contribution in [0.4, 0.5) is 24.5 Å². The maximum absolute atomic E-state index is 14.5. The van der Waals surface area contributed by atoms with Crippen molar-refractivity contribution in [2.45, 2.75) is 25.6 Å². The number of rotatable bonds is 5. The van der Waals surface area contributed by atoms with Gasteiger partial charge in [-0.05, 0) is 55.3 Å². The van der Waals surface area contributed by atoms with Gasteiger partial charge in [-0.15, -0.1) is 0 Å². The van der Waals surface area contributed by atoms with Crippen LogP contribution >= 0.6 is 11.6 Å². The van der Waals surface area contributed by atoms with E-state index in [4.69, 9.17) is 11.6 Å². The molecule has 1 amide bonds. The molecule has 0 spiro atoms. The van der Waals surface area contributed by atoms with Crippen LogP contribution in [0, 0.1) is 11.6 Å². The first-order valence-corrected chi connectivity index (χ1v) is 11.0. The molecule has 4 heterocycles. The summed E-state index contributed by atoms with van der Waals surface area (Å²) in [5.74, 6) is -1.40. The number of halogens is 4. The Labute approximate surface area is 198 Å². The highest BCUT2D eigenvalue weighted by atomic mass is 35.5. The average Bonchev–Trinajstić information content (AvgIpc) is 3.48. The lowest BCUT2D eigenvalue weighted by atomic mass is 10.0. The van der Waals surface area contributed by atoms with Crippen molar-refractivity contribution in [1.29, 1.82) is 0 Å². The summed E-state index contributed by atoms with van der Waals surface area (Å²) in [6.07, 6.45) is 4.64. The van der Waals surface area contributed by atoms with Crippen LogP contribution in [0.1, 0.15) is 40.5 Å². The fraction of sp³-hybridized carbons (Fsp3) is 0.208. The van der Waals surface area contributed by atoms with E-state index < -0.39 is 24.2 Å². The molecule has 34 heavy (non-hydrogen) atoms. The molecular weight excluding hydrogens is 467 g/mol. The molecule has 0 radical (unpaired) electrons. The molecule has 1 aliphatic rings. The number of aromatic nitrogens is 3. The zero-order valence-electron chi connectivity index (χ0n) is 17.8. The zero-order valence-corrected chi connectivity index (χ0v) is 18.6. The number of nitrogens with zero attached hydrogens (tertiary/aromatic N) is 4. The molecule has 0 bridgehead atoms. The third-order valence-corrected chi connectivity index (χ3v) is 6.23. The summed E-state index contributed by atoms with van der Waals surface area (Å²) < 4.78 is 42.6. The Morgan fingerprint density at radius 1 is 1.18 bits per heavy atom. The zero-order chi connectivity index (χ0) is 23.8. The second-order valence-electron chi connectivity index (χ2n) is 8.02. The Kier molecular flexibility index (Phi) is 5.87. The quantitative estimate of drug-likeness (QED) is 0.367. The fourth-order valence-corrected chi connectivity index (χ4v) is 4.54. The minimum atomic E-state index is -0.762. The van der Waals surface area contributed by atoms with E-state index in [1.54, 1.807) is 16.8 Å². The van der Waals surface area contributed by atoms with Crippen molar-refractivity contribution < 1.29 is 18.0 Å². The minimum Gasteiger partial charge on any atom is -0.364 e. The van der Waals surface area contributed by atoms with Crippen LogP contribution in [0.2, 0.25) is 5.15 Å². The summed E-state index contributed by atoms with van der Waals surface area (Å²) in [5, 5.41) is 6.89. The summed E-state index contributed by atoms with van der Waals surface area (Å²) in [4.78, 5) is 18.9. The molecule has 1 N–H and O–H groups in total. The van der Waals surface area contributed by atoms with Crippen molar-refractivity contribution >= 4 is 34.4 Å². The van der Waals surface area contributed by atoms with Crippen LogP contribution in [0.5, 0.6) is 0 Å². The molecule has 1 aliphatic heterocycles. The first-order valence-electron chi connectivity index (χ1n) is 10.7. The van der Waals surface area contributed by atoms with Gasteiger partial charge in [0.15, 0.2) is 5.15 Å². The number of anilines is 2. The molecule has 10 heteroatoms. The van der Waals surface area contributed by atoms with Gasteiger partial charge >= 0.3 is 0 Å².